The number of benzene rings is 1. The van der Waals surface area contributed by atoms with Crippen molar-refractivity contribution in [3.05, 3.63) is 35.9 Å². The van der Waals surface area contributed by atoms with E-state index in [2.05, 4.69) is 17.6 Å². The minimum atomic E-state index is -0.211. The van der Waals surface area contributed by atoms with Crippen LogP contribution in [0, 0.1) is 5.92 Å². The van der Waals surface area contributed by atoms with Gasteiger partial charge in [0.15, 0.2) is 0 Å². The molecule has 2 N–H and O–H groups in total. The van der Waals surface area contributed by atoms with Gasteiger partial charge in [-0.25, -0.2) is 0 Å². The normalized spacial score (nSPS) is 22.1. The highest BCUT2D eigenvalue weighted by molar-refractivity contribution is 5.96. The Morgan fingerprint density at radius 1 is 1.15 bits per heavy atom. The smallest absolute Gasteiger partial charge is 0.251 e. The van der Waals surface area contributed by atoms with Gasteiger partial charge in [-0.1, -0.05) is 38.0 Å². The van der Waals surface area contributed by atoms with Gasteiger partial charge >= 0.3 is 0 Å². The van der Waals surface area contributed by atoms with Gasteiger partial charge in [0.25, 0.3) is 5.91 Å². The molecule has 1 fully saturated rings. The second-order valence-corrected chi connectivity index (χ2v) is 5.48. The molecule has 0 unspecified atom stereocenters. The average Bonchev–Trinajstić information content (AvgIpc) is 2.48. The molecule has 4 heteroatoms. The summed E-state index contributed by atoms with van der Waals surface area (Å²) in [5.41, 5.74) is 0.575. The number of hydrogen-bond acceptors (Lipinski definition) is 2. The zero-order chi connectivity index (χ0) is 14.4. The monoisotopic (exact) mass is 274 g/mol. The third-order valence-electron chi connectivity index (χ3n) is 3.90. The SMILES string of the molecule is C[C@H]1CCCC[C@@H]1NC(=O)CNC(=O)c1ccccc1. The number of hydrogen-bond donors (Lipinski definition) is 2. The minimum absolute atomic E-state index is 0.0386. The molecule has 1 aliphatic rings. The molecule has 2 rings (SSSR count). The fourth-order valence-corrected chi connectivity index (χ4v) is 2.64. The van der Waals surface area contributed by atoms with Crippen LogP contribution in [0.25, 0.3) is 0 Å². The molecule has 1 aliphatic carbocycles. The van der Waals surface area contributed by atoms with Crippen molar-refractivity contribution in [2.75, 3.05) is 6.54 Å². The second-order valence-electron chi connectivity index (χ2n) is 5.48. The highest BCUT2D eigenvalue weighted by Crippen LogP contribution is 2.23. The van der Waals surface area contributed by atoms with Gasteiger partial charge in [0, 0.05) is 11.6 Å². The Balaban J connectivity index is 1.76. The molecule has 1 aromatic carbocycles. The Bertz CT molecular complexity index is 459. The summed E-state index contributed by atoms with van der Waals surface area (Å²) in [5.74, 6) is 0.211. The van der Waals surface area contributed by atoms with Crippen LogP contribution in [0.3, 0.4) is 0 Å². The third-order valence-corrected chi connectivity index (χ3v) is 3.90. The van der Waals surface area contributed by atoms with Crippen molar-refractivity contribution in [1.29, 1.82) is 0 Å². The van der Waals surface area contributed by atoms with E-state index in [0.717, 1.165) is 6.42 Å². The molecule has 20 heavy (non-hydrogen) atoms. The van der Waals surface area contributed by atoms with E-state index in [-0.39, 0.29) is 24.4 Å². The summed E-state index contributed by atoms with van der Waals surface area (Å²) in [4.78, 5) is 23.7. The molecule has 0 heterocycles. The molecule has 0 aromatic heterocycles. The third kappa shape index (κ3) is 4.08. The molecule has 0 radical (unpaired) electrons. The molecule has 0 spiro atoms. The maximum Gasteiger partial charge on any atom is 0.251 e. The Hall–Kier alpha value is -1.84. The zero-order valence-corrected chi connectivity index (χ0v) is 11.9. The van der Waals surface area contributed by atoms with Crippen LogP contribution >= 0.6 is 0 Å². The lowest BCUT2D eigenvalue weighted by molar-refractivity contribution is -0.121. The summed E-state index contributed by atoms with van der Waals surface area (Å²) in [7, 11) is 0. The van der Waals surface area contributed by atoms with Crippen LogP contribution in [0.5, 0.6) is 0 Å². The first-order valence-corrected chi connectivity index (χ1v) is 7.29. The number of carbonyl (C=O) groups is 2. The van der Waals surface area contributed by atoms with Gasteiger partial charge in [-0.2, -0.15) is 0 Å². The lowest BCUT2D eigenvalue weighted by Crippen LogP contribution is -2.45. The molecule has 0 bridgehead atoms. The van der Waals surface area contributed by atoms with Gasteiger partial charge in [-0.05, 0) is 30.9 Å². The number of rotatable bonds is 4. The summed E-state index contributed by atoms with van der Waals surface area (Å²) in [5, 5.41) is 5.67. The highest BCUT2D eigenvalue weighted by Gasteiger charge is 2.22. The maximum absolute atomic E-state index is 11.9. The van der Waals surface area contributed by atoms with E-state index in [9.17, 15) is 9.59 Å². The van der Waals surface area contributed by atoms with E-state index in [0.29, 0.717) is 11.5 Å². The van der Waals surface area contributed by atoms with Crippen molar-refractivity contribution in [2.45, 2.75) is 38.6 Å². The first kappa shape index (κ1) is 14.6. The van der Waals surface area contributed by atoms with Gasteiger partial charge in [0.05, 0.1) is 6.54 Å². The molecule has 4 nitrogen and oxygen atoms in total. The predicted octanol–water partition coefficient (Wildman–Crippen LogP) is 2.11. The first-order valence-electron chi connectivity index (χ1n) is 7.29. The van der Waals surface area contributed by atoms with Crippen molar-refractivity contribution < 1.29 is 9.59 Å². The van der Waals surface area contributed by atoms with Crippen molar-refractivity contribution in [3.63, 3.8) is 0 Å². The van der Waals surface area contributed by atoms with Crippen LogP contribution in [0.15, 0.2) is 30.3 Å². The Labute approximate surface area is 119 Å². The molecular formula is C16H22N2O2. The standard InChI is InChI=1S/C16H22N2O2/c1-12-7-5-6-10-14(12)18-15(19)11-17-16(20)13-8-3-2-4-9-13/h2-4,8-9,12,14H,5-7,10-11H2,1H3,(H,17,20)(H,18,19)/t12-,14-/m0/s1. The highest BCUT2D eigenvalue weighted by atomic mass is 16.2. The molecule has 1 saturated carbocycles. The van der Waals surface area contributed by atoms with Crippen LogP contribution in [0.1, 0.15) is 43.0 Å². The van der Waals surface area contributed by atoms with Crippen LogP contribution in [-0.2, 0) is 4.79 Å². The fourth-order valence-electron chi connectivity index (χ4n) is 2.64. The van der Waals surface area contributed by atoms with E-state index < -0.39 is 0 Å². The fraction of sp³-hybridized carbons (Fsp3) is 0.500. The lowest BCUT2D eigenvalue weighted by Gasteiger charge is -2.29. The second kappa shape index (κ2) is 7.08. The van der Waals surface area contributed by atoms with Crippen LogP contribution in [-0.4, -0.2) is 24.4 Å². The molecular weight excluding hydrogens is 252 g/mol. The van der Waals surface area contributed by atoms with E-state index in [1.54, 1.807) is 24.3 Å². The topological polar surface area (TPSA) is 58.2 Å². The minimum Gasteiger partial charge on any atom is -0.352 e. The van der Waals surface area contributed by atoms with E-state index in [1.807, 2.05) is 6.07 Å². The summed E-state index contributed by atoms with van der Waals surface area (Å²) in [6.07, 6.45) is 4.63. The molecule has 2 amide bonds. The van der Waals surface area contributed by atoms with Gasteiger partial charge in [0.2, 0.25) is 5.91 Å². The molecule has 2 atom stereocenters. The number of carbonyl (C=O) groups excluding carboxylic acids is 2. The number of nitrogens with one attached hydrogen (secondary N) is 2. The molecule has 0 saturated heterocycles. The van der Waals surface area contributed by atoms with E-state index >= 15 is 0 Å². The number of amides is 2. The lowest BCUT2D eigenvalue weighted by atomic mass is 9.86. The van der Waals surface area contributed by atoms with Gasteiger partial charge in [0.1, 0.15) is 0 Å². The van der Waals surface area contributed by atoms with Crippen molar-refractivity contribution in [1.82, 2.24) is 10.6 Å². The maximum atomic E-state index is 11.9. The van der Waals surface area contributed by atoms with Gasteiger partial charge in [-0.15, -0.1) is 0 Å². The zero-order valence-electron chi connectivity index (χ0n) is 11.9. The van der Waals surface area contributed by atoms with E-state index in [1.165, 1.54) is 19.3 Å². The van der Waals surface area contributed by atoms with Crippen LogP contribution in [0.4, 0.5) is 0 Å². The van der Waals surface area contributed by atoms with Gasteiger partial charge < -0.3 is 10.6 Å². The van der Waals surface area contributed by atoms with E-state index in [4.69, 9.17) is 0 Å². The predicted molar refractivity (Wildman–Crippen MR) is 78.3 cm³/mol. The summed E-state index contributed by atoms with van der Waals surface area (Å²) >= 11 is 0. The summed E-state index contributed by atoms with van der Waals surface area (Å²) in [6.45, 7) is 2.21. The Morgan fingerprint density at radius 2 is 1.85 bits per heavy atom. The summed E-state index contributed by atoms with van der Waals surface area (Å²) < 4.78 is 0. The first-order chi connectivity index (χ1) is 9.66. The van der Waals surface area contributed by atoms with Crippen molar-refractivity contribution >= 4 is 11.8 Å². The Morgan fingerprint density at radius 3 is 2.55 bits per heavy atom. The Kier molecular flexibility index (Phi) is 5.16. The largest absolute Gasteiger partial charge is 0.352 e. The van der Waals surface area contributed by atoms with Crippen LogP contribution in [0.2, 0.25) is 0 Å². The molecule has 0 aliphatic heterocycles. The quantitative estimate of drug-likeness (QED) is 0.883. The van der Waals surface area contributed by atoms with Crippen LogP contribution < -0.4 is 10.6 Å². The molecule has 1 aromatic rings. The average molecular weight is 274 g/mol. The van der Waals surface area contributed by atoms with Gasteiger partial charge in [-0.3, -0.25) is 9.59 Å². The van der Waals surface area contributed by atoms with Crippen molar-refractivity contribution in [2.24, 2.45) is 5.92 Å². The van der Waals surface area contributed by atoms with Crippen molar-refractivity contribution in [3.8, 4) is 0 Å². The summed E-state index contributed by atoms with van der Waals surface area (Å²) in [6, 6.07) is 9.18. The molecule has 108 valence electrons.